The minimum Gasteiger partial charge on any atom is -0.456 e. The van der Waals surface area contributed by atoms with Gasteiger partial charge in [0.1, 0.15) is 17.0 Å². The summed E-state index contributed by atoms with van der Waals surface area (Å²) in [5.74, 6) is 2.20. The van der Waals surface area contributed by atoms with E-state index < -0.39 is 0 Å². The summed E-state index contributed by atoms with van der Waals surface area (Å²) in [5, 5.41) is 2.30. The van der Waals surface area contributed by atoms with Gasteiger partial charge in [-0.15, -0.1) is 0 Å². The van der Waals surface area contributed by atoms with Crippen molar-refractivity contribution in [3.05, 3.63) is 108 Å². The predicted octanol–water partition coefficient (Wildman–Crippen LogP) is 10.4. The molecule has 8 rings (SSSR count). The Hall–Kier alpha value is -4.11. The van der Waals surface area contributed by atoms with Gasteiger partial charge in [0.25, 0.3) is 0 Å². The van der Waals surface area contributed by atoms with Gasteiger partial charge in [0, 0.05) is 28.7 Å². The number of hydrogen-bond donors (Lipinski definition) is 0. The lowest BCUT2D eigenvalue weighted by Crippen LogP contribution is -2.10. The van der Waals surface area contributed by atoms with E-state index in [9.17, 15) is 0 Å². The maximum absolute atomic E-state index is 6.14. The maximum atomic E-state index is 6.14. The third kappa shape index (κ3) is 3.99. The van der Waals surface area contributed by atoms with Gasteiger partial charge in [-0.05, 0) is 96.2 Å². The molecule has 0 N–H and O–H groups in total. The molecule has 2 aromatic heterocycles. The summed E-state index contributed by atoms with van der Waals surface area (Å²) in [6.07, 6.45) is 14.5. The maximum Gasteiger partial charge on any atom is 0.144 e. The lowest BCUT2D eigenvalue weighted by molar-refractivity contribution is 0.669. The number of imidazole rings is 1. The van der Waals surface area contributed by atoms with E-state index in [2.05, 4.69) is 83.6 Å². The zero-order chi connectivity index (χ0) is 26.5. The normalized spacial score (nSPS) is 16.5. The summed E-state index contributed by atoms with van der Waals surface area (Å²) in [6.45, 7) is 0. The summed E-state index contributed by atoms with van der Waals surface area (Å²) in [5.41, 5.74) is 10.1. The first-order valence-electron chi connectivity index (χ1n) is 15.0. The predicted molar refractivity (Wildman–Crippen MR) is 164 cm³/mol. The van der Waals surface area contributed by atoms with E-state index in [0.29, 0.717) is 11.8 Å². The molecule has 0 radical (unpaired) electrons. The summed E-state index contributed by atoms with van der Waals surface area (Å²) in [6, 6.07) is 30.9. The van der Waals surface area contributed by atoms with Crippen molar-refractivity contribution in [2.45, 2.75) is 63.2 Å². The largest absolute Gasteiger partial charge is 0.456 e. The lowest BCUT2D eigenvalue weighted by Gasteiger charge is -2.26. The van der Waals surface area contributed by atoms with Crippen LogP contribution in [0.2, 0.25) is 0 Å². The second-order valence-corrected chi connectivity index (χ2v) is 11.8. The first-order chi connectivity index (χ1) is 19.8. The highest BCUT2D eigenvalue weighted by Crippen LogP contribution is 2.46. The molecule has 4 aromatic carbocycles. The molecule has 3 nitrogen and oxygen atoms in total. The Balaban J connectivity index is 1.35. The molecule has 0 unspecified atom stereocenters. The van der Waals surface area contributed by atoms with Gasteiger partial charge in [-0.2, -0.15) is 0 Å². The van der Waals surface area contributed by atoms with Crippen LogP contribution in [0.3, 0.4) is 0 Å². The summed E-state index contributed by atoms with van der Waals surface area (Å²) in [4.78, 5) is 4.98. The Bertz CT molecular complexity index is 1780. The number of furan rings is 1. The standard InChI is InChI=1S/C37H34N2O/c1-2-10-25(11-3-1)29-23-31(26-12-4-5-13-26)36(32(24-29)27-14-6-7-15-27)39-21-20-38-37(39)28-18-19-35-33(22-28)30-16-8-9-17-34(30)40-35/h1-3,8-11,16-24,26-27H,4-7,12-15H2. The monoisotopic (exact) mass is 522 g/mol. The van der Waals surface area contributed by atoms with E-state index in [1.54, 1.807) is 0 Å². The Morgan fingerprint density at radius 2 is 1.25 bits per heavy atom. The van der Waals surface area contributed by atoms with Gasteiger partial charge in [-0.1, -0.05) is 74.2 Å². The topological polar surface area (TPSA) is 31.0 Å². The fraction of sp³-hybridized carbons (Fsp3) is 0.270. The molecule has 6 aromatic rings. The van der Waals surface area contributed by atoms with Crippen LogP contribution in [0.25, 0.3) is 50.1 Å². The van der Waals surface area contributed by atoms with Crippen LogP contribution in [0.4, 0.5) is 0 Å². The molecule has 2 aliphatic rings. The van der Waals surface area contributed by atoms with E-state index in [1.807, 2.05) is 18.3 Å². The third-order valence-electron chi connectivity index (χ3n) is 9.38. The summed E-state index contributed by atoms with van der Waals surface area (Å²) < 4.78 is 8.56. The van der Waals surface area contributed by atoms with Crippen LogP contribution < -0.4 is 0 Å². The quantitative estimate of drug-likeness (QED) is 0.225. The highest BCUT2D eigenvalue weighted by Gasteiger charge is 2.29. The van der Waals surface area contributed by atoms with Gasteiger partial charge in [0.2, 0.25) is 0 Å². The number of nitrogens with zero attached hydrogens (tertiary/aromatic N) is 2. The van der Waals surface area contributed by atoms with Crippen molar-refractivity contribution < 1.29 is 4.42 Å². The van der Waals surface area contributed by atoms with Crippen molar-refractivity contribution in [3.8, 4) is 28.2 Å². The second kappa shape index (κ2) is 9.82. The summed E-state index contributed by atoms with van der Waals surface area (Å²) in [7, 11) is 0. The van der Waals surface area contributed by atoms with Gasteiger partial charge in [0.05, 0.1) is 5.69 Å². The fourth-order valence-corrected chi connectivity index (χ4v) is 7.41. The smallest absolute Gasteiger partial charge is 0.144 e. The van der Waals surface area contributed by atoms with Crippen LogP contribution in [0.15, 0.2) is 102 Å². The molecule has 2 saturated carbocycles. The van der Waals surface area contributed by atoms with Crippen molar-refractivity contribution in [1.29, 1.82) is 0 Å². The van der Waals surface area contributed by atoms with Gasteiger partial charge in [0.15, 0.2) is 0 Å². The highest BCUT2D eigenvalue weighted by atomic mass is 16.3. The lowest BCUT2D eigenvalue weighted by atomic mass is 9.84. The number of aromatic nitrogens is 2. The molecule has 2 heterocycles. The SMILES string of the molecule is c1ccc(-c2cc(C3CCCC3)c(-n3ccnc3-c3ccc4oc5ccccc5c4c3)c(C3CCCC3)c2)cc1. The van der Waals surface area contributed by atoms with E-state index in [1.165, 1.54) is 79.3 Å². The minimum absolute atomic E-state index is 0.592. The van der Waals surface area contributed by atoms with Crippen LogP contribution in [0, 0.1) is 0 Å². The highest BCUT2D eigenvalue weighted by molar-refractivity contribution is 6.06. The van der Waals surface area contributed by atoms with Crippen LogP contribution in [-0.2, 0) is 0 Å². The van der Waals surface area contributed by atoms with E-state index in [-0.39, 0.29) is 0 Å². The van der Waals surface area contributed by atoms with E-state index >= 15 is 0 Å². The molecule has 40 heavy (non-hydrogen) atoms. The van der Waals surface area contributed by atoms with Gasteiger partial charge in [-0.3, -0.25) is 4.57 Å². The number of fused-ring (bicyclic) bond motifs is 3. The molecular formula is C37H34N2O. The molecule has 0 aliphatic heterocycles. The van der Waals surface area contributed by atoms with Crippen molar-refractivity contribution in [1.82, 2.24) is 9.55 Å². The Morgan fingerprint density at radius 3 is 1.98 bits per heavy atom. The average molecular weight is 523 g/mol. The molecule has 0 amide bonds. The van der Waals surface area contributed by atoms with Crippen LogP contribution in [0.1, 0.15) is 74.3 Å². The van der Waals surface area contributed by atoms with Gasteiger partial charge in [-0.25, -0.2) is 4.98 Å². The molecule has 2 fully saturated rings. The van der Waals surface area contributed by atoms with Crippen molar-refractivity contribution >= 4 is 21.9 Å². The van der Waals surface area contributed by atoms with Crippen molar-refractivity contribution in [2.24, 2.45) is 0 Å². The Kier molecular flexibility index (Phi) is 5.83. The Morgan fingerprint density at radius 1 is 0.600 bits per heavy atom. The molecule has 0 bridgehead atoms. The molecule has 0 saturated heterocycles. The molecule has 0 spiro atoms. The third-order valence-corrected chi connectivity index (χ3v) is 9.38. The molecule has 2 aliphatic carbocycles. The van der Waals surface area contributed by atoms with Crippen LogP contribution >= 0.6 is 0 Å². The molecular weight excluding hydrogens is 488 g/mol. The second-order valence-electron chi connectivity index (χ2n) is 11.8. The van der Waals surface area contributed by atoms with Crippen molar-refractivity contribution in [2.75, 3.05) is 0 Å². The molecule has 0 atom stereocenters. The average Bonchev–Trinajstić information content (AvgIpc) is 3.83. The Labute approximate surface area is 235 Å². The summed E-state index contributed by atoms with van der Waals surface area (Å²) >= 11 is 0. The number of rotatable bonds is 5. The van der Waals surface area contributed by atoms with Gasteiger partial charge < -0.3 is 4.42 Å². The van der Waals surface area contributed by atoms with Crippen LogP contribution in [-0.4, -0.2) is 9.55 Å². The zero-order valence-electron chi connectivity index (χ0n) is 22.9. The number of hydrogen-bond acceptors (Lipinski definition) is 2. The van der Waals surface area contributed by atoms with Crippen molar-refractivity contribution in [3.63, 3.8) is 0 Å². The van der Waals surface area contributed by atoms with Gasteiger partial charge >= 0.3 is 0 Å². The molecule has 198 valence electrons. The first-order valence-corrected chi connectivity index (χ1v) is 15.0. The van der Waals surface area contributed by atoms with E-state index in [4.69, 9.17) is 9.40 Å². The fourth-order valence-electron chi connectivity index (χ4n) is 7.41. The first kappa shape index (κ1) is 23.7. The molecule has 3 heteroatoms. The van der Waals surface area contributed by atoms with Crippen LogP contribution in [0.5, 0.6) is 0 Å². The zero-order valence-corrected chi connectivity index (χ0v) is 22.9. The number of para-hydroxylation sites is 1. The van der Waals surface area contributed by atoms with E-state index in [0.717, 1.165) is 33.3 Å². The minimum atomic E-state index is 0.592. The number of benzene rings is 4.